The van der Waals surface area contributed by atoms with Crippen LogP contribution in [0.5, 0.6) is 0 Å². The normalized spacial score (nSPS) is 19.7. The average molecular weight is 238 g/mol. The van der Waals surface area contributed by atoms with Crippen LogP contribution in [0.3, 0.4) is 0 Å². The SMILES string of the molecule is CC1CCC(=O)c2cccc3cccc(c23)C1=O. The van der Waals surface area contributed by atoms with Crippen LogP contribution < -0.4 is 0 Å². The summed E-state index contributed by atoms with van der Waals surface area (Å²) in [5.74, 6) is 0.223. The van der Waals surface area contributed by atoms with E-state index in [1.807, 2.05) is 43.3 Å². The highest BCUT2D eigenvalue weighted by Crippen LogP contribution is 2.30. The van der Waals surface area contributed by atoms with E-state index in [1.54, 1.807) is 0 Å². The molecular formula is C16H14O2. The quantitative estimate of drug-likeness (QED) is 0.702. The molecule has 0 amide bonds. The number of hydrogen-bond donors (Lipinski definition) is 0. The molecule has 0 spiro atoms. The van der Waals surface area contributed by atoms with Gasteiger partial charge in [0.15, 0.2) is 11.6 Å². The van der Waals surface area contributed by atoms with Crippen molar-refractivity contribution in [3.63, 3.8) is 0 Å². The fourth-order valence-electron chi connectivity index (χ4n) is 2.66. The van der Waals surface area contributed by atoms with E-state index < -0.39 is 0 Å². The van der Waals surface area contributed by atoms with Crippen LogP contribution in [0.4, 0.5) is 0 Å². The van der Waals surface area contributed by atoms with Gasteiger partial charge >= 0.3 is 0 Å². The van der Waals surface area contributed by atoms with Crippen molar-refractivity contribution in [3.05, 3.63) is 47.5 Å². The summed E-state index contributed by atoms with van der Waals surface area (Å²) in [4.78, 5) is 24.6. The van der Waals surface area contributed by atoms with E-state index in [1.165, 1.54) is 0 Å². The topological polar surface area (TPSA) is 34.1 Å². The number of rotatable bonds is 0. The summed E-state index contributed by atoms with van der Waals surface area (Å²) in [6.45, 7) is 1.91. The maximum atomic E-state index is 12.4. The van der Waals surface area contributed by atoms with Crippen molar-refractivity contribution in [1.82, 2.24) is 0 Å². The summed E-state index contributed by atoms with van der Waals surface area (Å²) in [5, 5.41) is 1.81. The molecule has 3 rings (SSSR count). The molecule has 0 N–H and O–H groups in total. The largest absolute Gasteiger partial charge is 0.294 e. The second-order valence-corrected chi connectivity index (χ2v) is 4.94. The molecule has 0 heterocycles. The zero-order chi connectivity index (χ0) is 12.7. The highest BCUT2D eigenvalue weighted by molar-refractivity contribution is 6.18. The van der Waals surface area contributed by atoms with Crippen LogP contribution in [-0.4, -0.2) is 11.6 Å². The molecule has 0 aliphatic heterocycles. The predicted octanol–water partition coefficient (Wildman–Crippen LogP) is 3.64. The number of carbonyl (C=O) groups excluding carboxylic acids is 2. The third kappa shape index (κ3) is 1.57. The summed E-state index contributed by atoms with van der Waals surface area (Å²) in [5.41, 5.74) is 1.40. The molecule has 0 bridgehead atoms. The van der Waals surface area contributed by atoms with Gasteiger partial charge in [-0.25, -0.2) is 0 Å². The maximum Gasteiger partial charge on any atom is 0.166 e. The minimum Gasteiger partial charge on any atom is -0.294 e. The van der Waals surface area contributed by atoms with Gasteiger partial charge in [-0.15, -0.1) is 0 Å². The van der Waals surface area contributed by atoms with Gasteiger partial charge in [0.1, 0.15) is 0 Å². The molecule has 2 aromatic carbocycles. The van der Waals surface area contributed by atoms with Crippen LogP contribution in [0.1, 0.15) is 40.5 Å². The number of carbonyl (C=O) groups is 2. The Morgan fingerprint density at radius 2 is 1.67 bits per heavy atom. The van der Waals surface area contributed by atoms with Crippen LogP contribution in [0.2, 0.25) is 0 Å². The van der Waals surface area contributed by atoms with Crippen molar-refractivity contribution in [2.75, 3.05) is 0 Å². The van der Waals surface area contributed by atoms with Crippen molar-refractivity contribution in [2.24, 2.45) is 5.92 Å². The van der Waals surface area contributed by atoms with Gasteiger partial charge in [0.25, 0.3) is 0 Å². The molecule has 0 saturated carbocycles. The molecule has 18 heavy (non-hydrogen) atoms. The van der Waals surface area contributed by atoms with Crippen LogP contribution in [-0.2, 0) is 0 Å². The maximum absolute atomic E-state index is 12.4. The van der Waals surface area contributed by atoms with Gasteiger partial charge in [0, 0.05) is 28.9 Å². The Kier molecular flexibility index (Phi) is 2.51. The second kappa shape index (κ2) is 4.05. The van der Waals surface area contributed by atoms with E-state index in [0.29, 0.717) is 24.0 Å². The fraction of sp³-hybridized carbons (Fsp3) is 0.250. The van der Waals surface area contributed by atoms with Crippen LogP contribution in [0.15, 0.2) is 36.4 Å². The Hall–Kier alpha value is -1.96. The van der Waals surface area contributed by atoms with E-state index in [9.17, 15) is 9.59 Å². The Balaban J connectivity index is 2.42. The summed E-state index contributed by atoms with van der Waals surface area (Å²) >= 11 is 0. The molecule has 1 aliphatic rings. The lowest BCUT2D eigenvalue weighted by atomic mass is 9.84. The van der Waals surface area contributed by atoms with Crippen LogP contribution >= 0.6 is 0 Å². The minimum atomic E-state index is -0.0760. The molecule has 1 atom stereocenters. The first kappa shape index (κ1) is 11.1. The van der Waals surface area contributed by atoms with E-state index >= 15 is 0 Å². The molecule has 1 aliphatic carbocycles. The number of ketones is 2. The molecule has 1 unspecified atom stereocenters. The summed E-state index contributed by atoms with van der Waals surface area (Å²) in [6.07, 6.45) is 1.10. The molecule has 0 fully saturated rings. The number of Topliss-reactive ketones (excluding diaryl/α,β-unsaturated/α-hetero) is 2. The van der Waals surface area contributed by atoms with Crippen molar-refractivity contribution < 1.29 is 9.59 Å². The zero-order valence-electron chi connectivity index (χ0n) is 10.3. The van der Waals surface area contributed by atoms with E-state index in [2.05, 4.69) is 0 Å². The molecular weight excluding hydrogens is 224 g/mol. The van der Waals surface area contributed by atoms with Crippen LogP contribution in [0.25, 0.3) is 10.8 Å². The molecule has 90 valence electrons. The molecule has 2 nitrogen and oxygen atoms in total. The van der Waals surface area contributed by atoms with Crippen molar-refractivity contribution in [2.45, 2.75) is 19.8 Å². The number of benzene rings is 2. The second-order valence-electron chi connectivity index (χ2n) is 4.94. The molecule has 0 saturated heterocycles. The lowest BCUT2D eigenvalue weighted by Crippen LogP contribution is -2.17. The molecule has 2 aromatic rings. The zero-order valence-corrected chi connectivity index (χ0v) is 10.3. The Labute approximate surface area is 106 Å². The lowest BCUT2D eigenvalue weighted by molar-refractivity contribution is 0.0904. The first-order valence-electron chi connectivity index (χ1n) is 6.27. The third-order valence-electron chi connectivity index (χ3n) is 3.72. The Morgan fingerprint density at radius 3 is 2.39 bits per heavy atom. The van der Waals surface area contributed by atoms with Crippen molar-refractivity contribution in [1.29, 1.82) is 0 Å². The monoisotopic (exact) mass is 238 g/mol. The predicted molar refractivity (Wildman–Crippen MR) is 71.0 cm³/mol. The molecule has 0 aromatic heterocycles. The van der Waals surface area contributed by atoms with Gasteiger partial charge in [-0.05, 0) is 11.8 Å². The summed E-state index contributed by atoms with van der Waals surface area (Å²) in [6, 6.07) is 11.3. The fourth-order valence-corrected chi connectivity index (χ4v) is 2.66. The average Bonchev–Trinajstić information content (AvgIpc) is 2.41. The van der Waals surface area contributed by atoms with Crippen molar-refractivity contribution in [3.8, 4) is 0 Å². The van der Waals surface area contributed by atoms with Gasteiger partial charge in [0.05, 0.1) is 0 Å². The first-order valence-corrected chi connectivity index (χ1v) is 6.27. The minimum absolute atomic E-state index is 0.0760. The highest BCUT2D eigenvalue weighted by atomic mass is 16.1. The van der Waals surface area contributed by atoms with E-state index in [0.717, 1.165) is 10.8 Å². The van der Waals surface area contributed by atoms with Crippen LogP contribution in [0, 0.1) is 5.92 Å². The third-order valence-corrected chi connectivity index (χ3v) is 3.72. The van der Waals surface area contributed by atoms with E-state index in [4.69, 9.17) is 0 Å². The first-order chi connectivity index (χ1) is 8.68. The Morgan fingerprint density at radius 1 is 1.00 bits per heavy atom. The summed E-state index contributed by atoms with van der Waals surface area (Å²) in [7, 11) is 0. The molecule has 0 radical (unpaired) electrons. The van der Waals surface area contributed by atoms with E-state index in [-0.39, 0.29) is 17.5 Å². The van der Waals surface area contributed by atoms with Gasteiger partial charge < -0.3 is 0 Å². The lowest BCUT2D eigenvalue weighted by Gasteiger charge is -2.17. The Bertz CT molecular complexity index is 650. The highest BCUT2D eigenvalue weighted by Gasteiger charge is 2.24. The molecule has 2 heteroatoms. The van der Waals surface area contributed by atoms with Crippen molar-refractivity contribution >= 4 is 22.3 Å². The smallest absolute Gasteiger partial charge is 0.166 e. The number of hydrogen-bond acceptors (Lipinski definition) is 2. The standard InChI is InChI=1S/C16H14O2/c1-10-8-9-14(17)12-6-2-4-11-5-3-7-13(15(11)12)16(10)18/h2-7,10H,8-9H2,1H3. The van der Waals surface area contributed by atoms with Gasteiger partial charge in [0.2, 0.25) is 0 Å². The summed E-state index contributed by atoms with van der Waals surface area (Å²) < 4.78 is 0. The van der Waals surface area contributed by atoms with Gasteiger partial charge in [-0.3, -0.25) is 9.59 Å². The van der Waals surface area contributed by atoms with Gasteiger partial charge in [-0.2, -0.15) is 0 Å². The van der Waals surface area contributed by atoms with Gasteiger partial charge in [-0.1, -0.05) is 43.3 Å².